The number of carbonyl (C=O) groups is 1. The van der Waals surface area contributed by atoms with Gasteiger partial charge in [-0.15, -0.1) is 0 Å². The first-order valence-corrected chi connectivity index (χ1v) is 6.82. The van der Waals surface area contributed by atoms with Gasteiger partial charge in [-0.2, -0.15) is 0 Å². The van der Waals surface area contributed by atoms with Gasteiger partial charge in [0.05, 0.1) is 19.8 Å². The number of hydrogen-bond donors (Lipinski definition) is 1. The molecule has 1 amide bonds. The highest BCUT2D eigenvalue weighted by atomic mass is 79.9. The maximum Gasteiger partial charge on any atom is 0.258 e. The number of hydrogen-bond acceptors (Lipinski definition) is 3. The molecule has 0 radical (unpaired) electrons. The summed E-state index contributed by atoms with van der Waals surface area (Å²) in [5, 5.41) is 2.62. The molecule has 0 spiro atoms. The molecule has 0 atom stereocenters. The largest absolute Gasteiger partial charge is 0.497 e. The molecule has 0 unspecified atom stereocenters. The number of carbonyl (C=O) groups excluding carboxylic acids is 1. The van der Waals surface area contributed by atoms with E-state index in [-0.39, 0.29) is 5.56 Å². The molecule has 0 aliphatic carbocycles. The molecule has 110 valence electrons. The number of anilines is 1. The first kappa shape index (κ1) is 15.3. The van der Waals surface area contributed by atoms with Crippen molar-refractivity contribution in [2.24, 2.45) is 0 Å². The van der Waals surface area contributed by atoms with Crippen molar-refractivity contribution < 1.29 is 18.7 Å². The monoisotopic (exact) mass is 353 g/mol. The van der Waals surface area contributed by atoms with Crippen LogP contribution in [-0.4, -0.2) is 20.1 Å². The van der Waals surface area contributed by atoms with Crippen molar-refractivity contribution in [3.05, 3.63) is 52.3 Å². The van der Waals surface area contributed by atoms with Crippen LogP contribution in [0.4, 0.5) is 10.1 Å². The summed E-state index contributed by atoms with van der Waals surface area (Å²) in [7, 11) is 2.96. The molecule has 0 saturated carbocycles. The van der Waals surface area contributed by atoms with Gasteiger partial charge in [0.25, 0.3) is 5.91 Å². The molecule has 2 aromatic carbocycles. The van der Waals surface area contributed by atoms with Gasteiger partial charge >= 0.3 is 0 Å². The molecule has 1 N–H and O–H groups in total. The van der Waals surface area contributed by atoms with Crippen molar-refractivity contribution in [1.29, 1.82) is 0 Å². The Morgan fingerprint density at radius 3 is 2.43 bits per heavy atom. The van der Waals surface area contributed by atoms with Gasteiger partial charge in [0.2, 0.25) is 0 Å². The minimum atomic E-state index is -0.645. The normalized spacial score (nSPS) is 10.1. The van der Waals surface area contributed by atoms with Crippen LogP contribution in [-0.2, 0) is 0 Å². The van der Waals surface area contributed by atoms with Crippen LogP contribution in [0.1, 0.15) is 10.4 Å². The predicted molar refractivity (Wildman–Crippen MR) is 81.6 cm³/mol. The second-order valence-corrected chi connectivity index (χ2v) is 5.10. The summed E-state index contributed by atoms with van der Waals surface area (Å²) in [6.45, 7) is 0. The van der Waals surface area contributed by atoms with Gasteiger partial charge in [0.15, 0.2) is 0 Å². The summed E-state index contributed by atoms with van der Waals surface area (Å²) in [6.07, 6.45) is 0. The summed E-state index contributed by atoms with van der Waals surface area (Å²) in [6, 6.07) is 9.16. The molecular weight excluding hydrogens is 341 g/mol. The fourth-order valence-electron chi connectivity index (χ4n) is 1.76. The van der Waals surface area contributed by atoms with Gasteiger partial charge in [-0.25, -0.2) is 4.39 Å². The summed E-state index contributed by atoms with van der Waals surface area (Å²) in [5.74, 6) is -0.257. The van der Waals surface area contributed by atoms with Crippen molar-refractivity contribution in [1.82, 2.24) is 0 Å². The van der Waals surface area contributed by atoms with Gasteiger partial charge in [0.1, 0.15) is 17.3 Å². The second kappa shape index (κ2) is 6.58. The Morgan fingerprint density at radius 1 is 1.10 bits per heavy atom. The minimum Gasteiger partial charge on any atom is -0.497 e. The van der Waals surface area contributed by atoms with Crippen LogP contribution < -0.4 is 14.8 Å². The summed E-state index contributed by atoms with van der Waals surface area (Å²) >= 11 is 3.31. The highest BCUT2D eigenvalue weighted by Gasteiger charge is 2.13. The third kappa shape index (κ3) is 3.72. The van der Waals surface area contributed by atoms with Crippen LogP contribution >= 0.6 is 15.9 Å². The van der Waals surface area contributed by atoms with Crippen molar-refractivity contribution in [2.75, 3.05) is 19.5 Å². The number of amides is 1. The van der Waals surface area contributed by atoms with Gasteiger partial charge in [-0.05, 0) is 24.3 Å². The molecule has 2 rings (SSSR count). The van der Waals surface area contributed by atoms with Crippen molar-refractivity contribution in [3.63, 3.8) is 0 Å². The lowest BCUT2D eigenvalue weighted by atomic mass is 10.2. The van der Waals surface area contributed by atoms with E-state index >= 15 is 0 Å². The van der Waals surface area contributed by atoms with Crippen LogP contribution in [0.5, 0.6) is 11.5 Å². The van der Waals surface area contributed by atoms with Crippen LogP contribution in [0.25, 0.3) is 0 Å². The van der Waals surface area contributed by atoms with E-state index in [1.165, 1.54) is 26.4 Å². The SMILES string of the molecule is COc1cc(Br)cc(NC(=O)c2ccc(OC)cc2F)c1. The van der Waals surface area contributed by atoms with E-state index in [0.29, 0.717) is 17.2 Å². The van der Waals surface area contributed by atoms with E-state index < -0.39 is 11.7 Å². The number of halogens is 2. The summed E-state index contributed by atoms with van der Waals surface area (Å²) < 4.78 is 24.6. The first-order valence-electron chi connectivity index (χ1n) is 6.03. The lowest BCUT2D eigenvalue weighted by Crippen LogP contribution is -2.13. The maximum absolute atomic E-state index is 13.8. The second-order valence-electron chi connectivity index (χ2n) is 4.18. The van der Waals surface area contributed by atoms with E-state index in [4.69, 9.17) is 9.47 Å². The molecule has 4 nitrogen and oxygen atoms in total. The Labute approximate surface area is 130 Å². The topological polar surface area (TPSA) is 47.6 Å². The molecule has 2 aromatic rings. The van der Waals surface area contributed by atoms with E-state index in [2.05, 4.69) is 21.2 Å². The fourth-order valence-corrected chi connectivity index (χ4v) is 2.23. The average Bonchev–Trinajstić information content (AvgIpc) is 2.46. The van der Waals surface area contributed by atoms with Gasteiger partial charge in [-0.3, -0.25) is 4.79 Å². The molecular formula is C15H13BrFNO3. The van der Waals surface area contributed by atoms with Gasteiger partial charge in [0, 0.05) is 22.3 Å². The molecule has 6 heteroatoms. The third-order valence-corrected chi connectivity index (χ3v) is 3.24. The Bertz CT molecular complexity index is 676. The van der Waals surface area contributed by atoms with Gasteiger partial charge < -0.3 is 14.8 Å². The smallest absolute Gasteiger partial charge is 0.258 e. The van der Waals surface area contributed by atoms with Crippen LogP contribution in [0.15, 0.2) is 40.9 Å². The third-order valence-electron chi connectivity index (χ3n) is 2.79. The van der Waals surface area contributed by atoms with Crippen LogP contribution in [0.3, 0.4) is 0 Å². The van der Waals surface area contributed by atoms with Crippen molar-refractivity contribution >= 4 is 27.5 Å². The van der Waals surface area contributed by atoms with Crippen LogP contribution in [0, 0.1) is 5.82 Å². The molecule has 0 fully saturated rings. The first-order chi connectivity index (χ1) is 10.0. The Balaban J connectivity index is 2.23. The number of benzene rings is 2. The molecule has 0 aliphatic heterocycles. The Kier molecular flexibility index (Phi) is 4.80. The van der Waals surface area contributed by atoms with Gasteiger partial charge in [-0.1, -0.05) is 15.9 Å². The minimum absolute atomic E-state index is 0.0604. The molecule has 21 heavy (non-hydrogen) atoms. The van der Waals surface area contributed by atoms with E-state index in [0.717, 1.165) is 10.5 Å². The molecule has 0 heterocycles. The molecule has 0 aliphatic rings. The zero-order chi connectivity index (χ0) is 15.4. The van der Waals surface area contributed by atoms with Crippen molar-refractivity contribution in [3.8, 4) is 11.5 Å². The summed E-state index contributed by atoms with van der Waals surface area (Å²) in [4.78, 5) is 12.1. The van der Waals surface area contributed by atoms with E-state index in [1.54, 1.807) is 18.2 Å². The molecule has 0 saturated heterocycles. The molecule has 0 aromatic heterocycles. The lowest BCUT2D eigenvalue weighted by molar-refractivity contribution is 0.102. The zero-order valence-electron chi connectivity index (χ0n) is 11.4. The number of methoxy groups -OCH3 is 2. The Morgan fingerprint density at radius 2 is 1.81 bits per heavy atom. The number of rotatable bonds is 4. The Hall–Kier alpha value is -2.08. The predicted octanol–water partition coefficient (Wildman–Crippen LogP) is 3.86. The van der Waals surface area contributed by atoms with Crippen LogP contribution in [0.2, 0.25) is 0 Å². The standard InChI is InChI=1S/C15H13BrFNO3/c1-20-11-3-4-13(14(17)8-11)15(19)18-10-5-9(16)6-12(7-10)21-2/h3-8H,1-2H3,(H,18,19). The highest BCUT2D eigenvalue weighted by Crippen LogP contribution is 2.25. The van der Waals surface area contributed by atoms with E-state index in [9.17, 15) is 9.18 Å². The quantitative estimate of drug-likeness (QED) is 0.907. The fraction of sp³-hybridized carbons (Fsp3) is 0.133. The average molecular weight is 354 g/mol. The number of nitrogens with one attached hydrogen (secondary N) is 1. The lowest BCUT2D eigenvalue weighted by Gasteiger charge is -2.09. The summed E-state index contributed by atoms with van der Waals surface area (Å²) in [5.41, 5.74) is 0.441. The number of ether oxygens (including phenoxy) is 2. The molecule has 0 bridgehead atoms. The van der Waals surface area contributed by atoms with Crippen molar-refractivity contribution in [2.45, 2.75) is 0 Å². The maximum atomic E-state index is 13.8. The zero-order valence-corrected chi connectivity index (χ0v) is 13.0. The highest BCUT2D eigenvalue weighted by molar-refractivity contribution is 9.10. The van der Waals surface area contributed by atoms with E-state index in [1.807, 2.05) is 0 Å².